The number of carbonyl (C=O) groups is 1. The minimum Gasteiger partial charge on any atom is -0.493 e. The van der Waals surface area contributed by atoms with Crippen LogP contribution >= 0.6 is 11.6 Å². The number of methoxy groups -OCH3 is 1. The first-order valence-corrected chi connectivity index (χ1v) is 11.2. The second-order valence-corrected chi connectivity index (χ2v) is 8.55. The molecule has 1 heterocycles. The Morgan fingerprint density at radius 2 is 1.94 bits per heavy atom. The largest absolute Gasteiger partial charge is 0.493 e. The van der Waals surface area contributed by atoms with E-state index in [1.165, 1.54) is 12.4 Å². The Morgan fingerprint density at radius 1 is 1.18 bits per heavy atom. The number of rotatable bonds is 6. The maximum absolute atomic E-state index is 14.4. The predicted molar refractivity (Wildman–Crippen MR) is 126 cm³/mol. The van der Waals surface area contributed by atoms with Gasteiger partial charge < -0.3 is 19.7 Å². The van der Waals surface area contributed by atoms with Crippen LogP contribution in [0.4, 0.5) is 15.9 Å². The summed E-state index contributed by atoms with van der Waals surface area (Å²) in [7, 11) is 3.42. The molecule has 1 amide bonds. The lowest BCUT2D eigenvalue weighted by molar-refractivity contribution is -0.130. The van der Waals surface area contributed by atoms with E-state index in [9.17, 15) is 9.18 Å². The van der Waals surface area contributed by atoms with Gasteiger partial charge in [0.15, 0.2) is 17.3 Å². The molecule has 0 atom stereocenters. The molecule has 1 N–H and O–H groups in total. The van der Waals surface area contributed by atoms with Gasteiger partial charge in [-0.15, -0.1) is 0 Å². The van der Waals surface area contributed by atoms with Crippen LogP contribution in [-0.2, 0) is 4.79 Å². The number of hydrogen-bond donors (Lipinski definition) is 1. The summed E-state index contributed by atoms with van der Waals surface area (Å²) in [5.74, 6) is 1.08. The van der Waals surface area contributed by atoms with Crippen molar-refractivity contribution >= 4 is 39.9 Å². The number of amides is 1. The van der Waals surface area contributed by atoms with Crippen molar-refractivity contribution < 1.29 is 18.7 Å². The predicted octanol–water partition coefficient (Wildman–Crippen LogP) is 5.34. The summed E-state index contributed by atoms with van der Waals surface area (Å²) in [5, 5.41) is 3.70. The Hall–Kier alpha value is -3.13. The molecule has 0 bridgehead atoms. The molecule has 33 heavy (non-hydrogen) atoms. The van der Waals surface area contributed by atoms with Crippen molar-refractivity contribution in [2.75, 3.05) is 19.5 Å². The van der Waals surface area contributed by atoms with Gasteiger partial charge in [-0.3, -0.25) is 4.79 Å². The van der Waals surface area contributed by atoms with Gasteiger partial charge in [-0.1, -0.05) is 17.7 Å². The Kier molecular flexibility index (Phi) is 6.83. The second-order valence-electron chi connectivity index (χ2n) is 8.15. The maximum Gasteiger partial charge on any atom is 0.219 e. The van der Waals surface area contributed by atoms with Crippen LogP contribution in [-0.4, -0.2) is 47.1 Å². The third-order valence-corrected chi connectivity index (χ3v) is 6.40. The molecule has 0 unspecified atom stereocenters. The Balaban J connectivity index is 1.59. The van der Waals surface area contributed by atoms with E-state index < -0.39 is 5.82 Å². The normalized spacial score (nSPS) is 18.1. The zero-order chi connectivity index (χ0) is 23.5. The quantitative estimate of drug-likeness (QED) is 0.521. The zero-order valence-electron chi connectivity index (χ0n) is 18.8. The molecular weight excluding hydrogens is 447 g/mol. The fraction of sp³-hybridized carbons (Fsp3) is 0.375. The number of fused-ring (bicyclic) bond motifs is 1. The minimum atomic E-state index is -0.553. The first-order valence-electron chi connectivity index (χ1n) is 10.8. The average molecular weight is 473 g/mol. The summed E-state index contributed by atoms with van der Waals surface area (Å²) in [5.41, 5.74) is 0.847. The third kappa shape index (κ3) is 4.95. The molecule has 1 saturated carbocycles. The number of carbonyl (C=O) groups excluding carboxylic acids is 1. The number of hydrogen-bond acceptors (Lipinski definition) is 6. The lowest BCUT2D eigenvalue weighted by Crippen LogP contribution is -2.40. The number of halogens is 2. The van der Waals surface area contributed by atoms with Crippen LogP contribution in [0.5, 0.6) is 11.5 Å². The molecule has 2 aromatic carbocycles. The van der Waals surface area contributed by atoms with E-state index in [0.29, 0.717) is 28.2 Å². The maximum atomic E-state index is 14.4. The molecule has 1 aliphatic rings. The molecule has 0 aliphatic heterocycles. The average Bonchev–Trinajstić information content (AvgIpc) is 2.82. The summed E-state index contributed by atoms with van der Waals surface area (Å²) in [6.45, 7) is 1.59. The van der Waals surface area contributed by atoms with Gasteiger partial charge >= 0.3 is 0 Å². The van der Waals surface area contributed by atoms with Crippen LogP contribution in [0, 0.1) is 5.82 Å². The standard InChI is InChI=1S/C24H26ClFN4O3/c1-14(31)30(2)15-7-9-16(10-8-15)33-22-11-17-20(12-21(22)32-3)27-13-28-24(17)29-19-6-4-5-18(25)23(19)26/h4-6,11-13,15-16H,7-10H2,1-3H3,(H,27,28,29)/t15-,16+. The summed E-state index contributed by atoms with van der Waals surface area (Å²) < 4.78 is 26.3. The molecule has 0 spiro atoms. The highest BCUT2D eigenvalue weighted by Crippen LogP contribution is 2.37. The lowest BCUT2D eigenvalue weighted by Gasteiger charge is -2.34. The smallest absolute Gasteiger partial charge is 0.219 e. The first kappa shape index (κ1) is 23.0. The van der Waals surface area contributed by atoms with Crippen molar-refractivity contribution in [1.82, 2.24) is 14.9 Å². The molecule has 0 radical (unpaired) electrons. The molecule has 3 aromatic rings. The van der Waals surface area contributed by atoms with Crippen molar-refractivity contribution in [3.8, 4) is 11.5 Å². The SMILES string of the molecule is COc1cc2ncnc(Nc3cccc(Cl)c3F)c2cc1O[C@H]1CC[C@@H](N(C)C(C)=O)CC1. The number of benzene rings is 2. The lowest BCUT2D eigenvalue weighted by atomic mass is 9.92. The van der Waals surface area contributed by atoms with Gasteiger partial charge in [-0.25, -0.2) is 14.4 Å². The molecular formula is C24H26ClFN4O3. The van der Waals surface area contributed by atoms with E-state index >= 15 is 0 Å². The number of nitrogens with one attached hydrogen (secondary N) is 1. The van der Waals surface area contributed by atoms with Crippen molar-refractivity contribution in [1.29, 1.82) is 0 Å². The van der Waals surface area contributed by atoms with Crippen molar-refractivity contribution in [2.24, 2.45) is 0 Å². The van der Waals surface area contributed by atoms with Crippen molar-refractivity contribution in [2.45, 2.75) is 44.8 Å². The molecule has 1 aliphatic carbocycles. The number of nitrogens with zero attached hydrogens (tertiary/aromatic N) is 3. The minimum absolute atomic E-state index is 0.000581. The molecule has 9 heteroatoms. The summed E-state index contributed by atoms with van der Waals surface area (Å²) in [6, 6.07) is 8.56. The fourth-order valence-corrected chi connectivity index (χ4v) is 4.30. The van der Waals surface area contributed by atoms with Crippen molar-refractivity contribution in [3.05, 3.63) is 47.5 Å². The van der Waals surface area contributed by atoms with Gasteiger partial charge in [0.05, 0.1) is 29.4 Å². The Labute approximate surface area is 196 Å². The van der Waals surface area contributed by atoms with Gasteiger partial charge in [0.25, 0.3) is 0 Å². The monoisotopic (exact) mass is 472 g/mol. The first-order chi connectivity index (χ1) is 15.9. The van der Waals surface area contributed by atoms with E-state index in [1.54, 1.807) is 37.1 Å². The number of ether oxygens (including phenoxy) is 2. The molecule has 174 valence electrons. The highest BCUT2D eigenvalue weighted by Gasteiger charge is 2.27. The van der Waals surface area contributed by atoms with Gasteiger partial charge in [0.1, 0.15) is 12.1 Å². The van der Waals surface area contributed by atoms with E-state index in [4.69, 9.17) is 21.1 Å². The van der Waals surface area contributed by atoms with Gasteiger partial charge in [0.2, 0.25) is 5.91 Å². The fourth-order valence-electron chi connectivity index (χ4n) is 4.13. The highest BCUT2D eigenvalue weighted by atomic mass is 35.5. The van der Waals surface area contributed by atoms with Gasteiger partial charge in [-0.05, 0) is 43.9 Å². The summed E-state index contributed by atoms with van der Waals surface area (Å²) in [6.07, 6.45) is 4.81. The van der Waals surface area contributed by atoms with Crippen LogP contribution in [0.25, 0.3) is 10.9 Å². The molecule has 0 saturated heterocycles. The second kappa shape index (κ2) is 9.79. The molecule has 1 aromatic heterocycles. The third-order valence-electron chi connectivity index (χ3n) is 6.11. The van der Waals surface area contributed by atoms with E-state index in [2.05, 4.69) is 15.3 Å². The Morgan fingerprint density at radius 3 is 2.64 bits per heavy atom. The van der Waals surface area contributed by atoms with Crippen LogP contribution in [0.1, 0.15) is 32.6 Å². The van der Waals surface area contributed by atoms with Crippen LogP contribution in [0.2, 0.25) is 5.02 Å². The molecule has 4 rings (SSSR count). The topological polar surface area (TPSA) is 76.6 Å². The molecule has 7 nitrogen and oxygen atoms in total. The highest BCUT2D eigenvalue weighted by molar-refractivity contribution is 6.31. The zero-order valence-corrected chi connectivity index (χ0v) is 19.5. The molecule has 1 fully saturated rings. The Bertz CT molecular complexity index is 1170. The summed E-state index contributed by atoms with van der Waals surface area (Å²) >= 11 is 5.91. The van der Waals surface area contributed by atoms with E-state index in [1.807, 2.05) is 13.1 Å². The number of anilines is 2. The van der Waals surface area contributed by atoms with Crippen LogP contribution in [0.15, 0.2) is 36.7 Å². The van der Waals surface area contributed by atoms with Crippen LogP contribution < -0.4 is 14.8 Å². The van der Waals surface area contributed by atoms with Gasteiger partial charge in [0, 0.05) is 31.5 Å². The van der Waals surface area contributed by atoms with E-state index in [-0.39, 0.29) is 28.8 Å². The van der Waals surface area contributed by atoms with Crippen LogP contribution in [0.3, 0.4) is 0 Å². The number of aromatic nitrogens is 2. The summed E-state index contributed by atoms with van der Waals surface area (Å²) in [4.78, 5) is 22.1. The van der Waals surface area contributed by atoms with Gasteiger partial charge in [-0.2, -0.15) is 0 Å². The van der Waals surface area contributed by atoms with E-state index in [0.717, 1.165) is 25.7 Å². The van der Waals surface area contributed by atoms with Crippen molar-refractivity contribution in [3.63, 3.8) is 0 Å².